The maximum atomic E-state index is 13.8. The molecule has 0 spiro atoms. The van der Waals surface area contributed by atoms with Crippen LogP contribution in [0.2, 0.25) is 0 Å². The number of H-pyrrole nitrogens is 1. The Bertz CT molecular complexity index is 1610. The summed E-state index contributed by atoms with van der Waals surface area (Å²) in [6, 6.07) is 23.8. The lowest BCUT2D eigenvalue weighted by atomic mass is 9.96. The largest absolute Gasteiger partial charge is 0.376 e. The van der Waals surface area contributed by atoms with Crippen molar-refractivity contribution < 1.29 is 4.79 Å². The highest BCUT2D eigenvalue weighted by molar-refractivity contribution is 5.80. The topological polar surface area (TPSA) is 105 Å². The van der Waals surface area contributed by atoms with Crippen molar-refractivity contribution in [2.24, 2.45) is 0 Å². The van der Waals surface area contributed by atoms with Gasteiger partial charge >= 0.3 is 0 Å². The summed E-state index contributed by atoms with van der Waals surface area (Å²) in [5.41, 5.74) is 4.87. The van der Waals surface area contributed by atoms with Gasteiger partial charge in [0.2, 0.25) is 5.91 Å². The molecule has 8 nitrogen and oxygen atoms in total. The van der Waals surface area contributed by atoms with Crippen LogP contribution in [-0.2, 0) is 30.7 Å². The number of aromatic nitrogens is 4. The lowest BCUT2D eigenvalue weighted by molar-refractivity contribution is -0.121. The molecule has 5 aromatic rings. The molecule has 2 aromatic carbocycles. The van der Waals surface area contributed by atoms with Crippen molar-refractivity contribution in [3.63, 3.8) is 0 Å². The molecule has 0 bridgehead atoms. The summed E-state index contributed by atoms with van der Waals surface area (Å²) >= 11 is 0. The number of fused-ring (bicyclic) bond motifs is 2. The summed E-state index contributed by atoms with van der Waals surface area (Å²) in [5.74, 6) is 0.240. The average molecular weight is 505 g/mol. The van der Waals surface area contributed by atoms with Crippen LogP contribution in [0.15, 0.2) is 90.0 Å². The van der Waals surface area contributed by atoms with Gasteiger partial charge in [0.15, 0.2) is 0 Å². The zero-order chi connectivity index (χ0) is 25.9. The van der Waals surface area contributed by atoms with E-state index in [1.807, 2.05) is 60.7 Å². The summed E-state index contributed by atoms with van der Waals surface area (Å²) in [5, 5.41) is 7.36. The lowest BCUT2D eigenvalue weighted by Crippen LogP contribution is -2.39. The summed E-state index contributed by atoms with van der Waals surface area (Å²) in [6.45, 7) is 0.189. The normalized spacial score (nSPS) is 14.6. The predicted octanol–water partition coefficient (Wildman–Crippen LogP) is 4.07. The molecular weight excluding hydrogens is 476 g/mol. The third-order valence-corrected chi connectivity index (χ3v) is 6.93. The van der Waals surface area contributed by atoms with E-state index in [0.717, 1.165) is 40.7 Å². The van der Waals surface area contributed by atoms with Crippen molar-refractivity contribution in [2.75, 3.05) is 5.32 Å². The van der Waals surface area contributed by atoms with Gasteiger partial charge in [-0.25, -0.2) is 4.98 Å². The standard InChI is InChI=1S/C30H28N6O2/c37-27(32-18-24-16-22-17-31-14-13-25(22)33-24)19-36-29(21-9-5-2-6-10-21)35-26-12-11-23(34-28(26)30(36)38)15-20-7-3-1-4-8-20/h1-10,13-14,16-17,23,33-34H,11-12,15,18-19H2,(H,32,37). The molecule has 8 heteroatoms. The zero-order valence-corrected chi connectivity index (χ0v) is 20.9. The fourth-order valence-electron chi connectivity index (χ4n) is 5.04. The highest BCUT2D eigenvalue weighted by Gasteiger charge is 2.25. The molecule has 0 aliphatic carbocycles. The molecule has 1 unspecified atom stereocenters. The van der Waals surface area contributed by atoms with E-state index in [-0.39, 0.29) is 24.1 Å². The van der Waals surface area contributed by atoms with Gasteiger partial charge in [0.1, 0.15) is 18.1 Å². The lowest BCUT2D eigenvalue weighted by Gasteiger charge is -2.27. The SMILES string of the molecule is O=C(Cn1c(-c2ccccc2)nc2c(c1=O)NC(Cc1ccccc1)CC2)NCc1cc2cnccc2[nH]1. The van der Waals surface area contributed by atoms with Crippen LogP contribution in [0.25, 0.3) is 22.3 Å². The van der Waals surface area contributed by atoms with Crippen molar-refractivity contribution in [1.29, 1.82) is 0 Å². The van der Waals surface area contributed by atoms with Crippen LogP contribution in [0.3, 0.4) is 0 Å². The second-order valence-corrected chi connectivity index (χ2v) is 9.62. The quantitative estimate of drug-likeness (QED) is 0.310. The third kappa shape index (κ3) is 4.93. The maximum absolute atomic E-state index is 13.8. The summed E-state index contributed by atoms with van der Waals surface area (Å²) in [6.07, 6.45) is 5.91. The zero-order valence-electron chi connectivity index (χ0n) is 20.9. The Morgan fingerprint density at radius 3 is 2.63 bits per heavy atom. The van der Waals surface area contributed by atoms with Crippen LogP contribution in [0, 0.1) is 0 Å². The number of hydrogen-bond acceptors (Lipinski definition) is 5. The van der Waals surface area contributed by atoms with Crippen LogP contribution in [-0.4, -0.2) is 31.5 Å². The van der Waals surface area contributed by atoms with E-state index in [0.29, 0.717) is 24.5 Å². The van der Waals surface area contributed by atoms with Crippen LogP contribution >= 0.6 is 0 Å². The van der Waals surface area contributed by atoms with Crippen LogP contribution in [0.5, 0.6) is 0 Å². The van der Waals surface area contributed by atoms with Gasteiger partial charge < -0.3 is 15.6 Å². The molecular formula is C30H28N6O2. The molecule has 3 aromatic heterocycles. The Morgan fingerprint density at radius 2 is 1.84 bits per heavy atom. The van der Waals surface area contributed by atoms with Gasteiger partial charge in [-0.2, -0.15) is 0 Å². The number of carbonyl (C=O) groups is 1. The molecule has 6 rings (SSSR count). The number of carbonyl (C=O) groups excluding carboxylic acids is 1. The number of aryl methyl sites for hydroxylation is 1. The summed E-state index contributed by atoms with van der Waals surface area (Å²) < 4.78 is 1.48. The number of benzene rings is 2. The van der Waals surface area contributed by atoms with Gasteiger partial charge in [-0.15, -0.1) is 0 Å². The van der Waals surface area contributed by atoms with E-state index in [1.54, 1.807) is 12.4 Å². The summed E-state index contributed by atoms with van der Waals surface area (Å²) in [7, 11) is 0. The Morgan fingerprint density at radius 1 is 1.05 bits per heavy atom. The molecule has 0 fully saturated rings. The highest BCUT2D eigenvalue weighted by Crippen LogP contribution is 2.25. The summed E-state index contributed by atoms with van der Waals surface area (Å²) in [4.78, 5) is 39.2. The van der Waals surface area contributed by atoms with Crippen molar-refractivity contribution >= 4 is 22.5 Å². The van der Waals surface area contributed by atoms with Crippen LogP contribution < -0.4 is 16.2 Å². The molecule has 190 valence electrons. The molecule has 38 heavy (non-hydrogen) atoms. The smallest absolute Gasteiger partial charge is 0.277 e. The first kappa shape index (κ1) is 23.7. The van der Waals surface area contributed by atoms with Gasteiger partial charge in [0.05, 0.1) is 12.2 Å². The number of nitrogens with zero attached hydrogens (tertiary/aromatic N) is 3. The second-order valence-electron chi connectivity index (χ2n) is 9.62. The van der Waals surface area contributed by atoms with E-state index in [9.17, 15) is 9.59 Å². The van der Waals surface area contributed by atoms with Crippen molar-refractivity contribution in [3.8, 4) is 11.4 Å². The van der Waals surface area contributed by atoms with E-state index in [4.69, 9.17) is 4.98 Å². The minimum Gasteiger partial charge on any atom is -0.376 e. The molecule has 1 aliphatic rings. The Balaban J connectivity index is 1.26. The van der Waals surface area contributed by atoms with E-state index >= 15 is 0 Å². The number of hydrogen-bond donors (Lipinski definition) is 3. The number of amides is 1. The van der Waals surface area contributed by atoms with E-state index in [1.165, 1.54) is 10.1 Å². The molecule has 0 radical (unpaired) electrons. The third-order valence-electron chi connectivity index (χ3n) is 6.93. The molecule has 1 aliphatic heterocycles. The fraction of sp³-hybridized carbons (Fsp3) is 0.200. The number of rotatable bonds is 7. The molecule has 0 saturated carbocycles. The minimum atomic E-state index is -0.264. The van der Waals surface area contributed by atoms with Crippen LogP contribution in [0.1, 0.15) is 23.4 Å². The molecule has 1 amide bonds. The van der Waals surface area contributed by atoms with Crippen LogP contribution in [0.4, 0.5) is 5.69 Å². The van der Waals surface area contributed by atoms with Gasteiger partial charge in [0, 0.05) is 40.6 Å². The molecule has 1 atom stereocenters. The van der Waals surface area contributed by atoms with Gasteiger partial charge in [-0.1, -0.05) is 60.7 Å². The Hall–Kier alpha value is -4.72. The van der Waals surface area contributed by atoms with Gasteiger partial charge in [-0.05, 0) is 37.0 Å². The van der Waals surface area contributed by atoms with Crippen molar-refractivity contribution in [3.05, 3.63) is 112 Å². The first-order valence-corrected chi connectivity index (χ1v) is 12.8. The number of anilines is 1. The number of pyridine rings is 1. The Labute approximate surface area is 219 Å². The van der Waals surface area contributed by atoms with Crippen molar-refractivity contribution in [1.82, 2.24) is 24.8 Å². The predicted molar refractivity (Wildman–Crippen MR) is 148 cm³/mol. The average Bonchev–Trinajstić information content (AvgIpc) is 3.38. The maximum Gasteiger partial charge on any atom is 0.277 e. The molecule has 0 saturated heterocycles. The fourth-order valence-corrected chi connectivity index (χ4v) is 5.04. The van der Waals surface area contributed by atoms with E-state index < -0.39 is 0 Å². The molecule has 4 heterocycles. The first-order chi connectivity index (χ1) is 18.6. The number of aromatic amines is 1. The monoisotopic (exact) mass is 504 g/mol. The van der Waals surface area contributed by atoms with Gasteiger partial charge in [0.25, 0.3) is 5.56 Å². The molecule has 3 N–H and O–H groups in total. The second kappa shape index (κ2) is 10.3. The first-order valence-electron chi connectivity index (χ1n) is 12.8. The number of nitrogens with one attached hydrogen (secondary N) is 3. The minimum absolute atomic E-state index is 0.126. The van der Waals surface area contributed by atoms with Gasteiger partial charge in [-0.3, -0.25) is 19.1 Å². The van der Waals surface area contributed by atoms with E-state index in [2.05, 4.69) is 32.7 Å². The van der Waals surface area contributed by atoms with Crippen molar-refractivity contribution in [2.45, 2.75) is 38.4 Å². The Kier molecular flexibility index (Phi) is 6.44. The highest BCUT2D eigenvalue weighted by atomic mass is 16.2.